The van der Waals surface area contributed by atoms with Crippen molar-refractivity contribution in [3.8, 4) is 0 Å². The minimum absolute atomic E-state index is 0.0106. The predicted molar refractivity (Wildman–Crippen MR) is 95.8 cm³/mol. The van der Waals surface area contributed by atoms with Crippen LogP contribution < -0.4 is 0 Å². The maximum absolute atomic E-state index is 12.0. The van der Waals surface area contributed by atoms with E-state index in [-0.39, 0.29) is 24.0 Å². The molecule has 0 saturated carbocycles. The third kappa shape index (κ3) is 8.44. The van der Waals surface area contributed by atoms with E-state index in [1.807, 2.05) is 18.2 Å². The van der Waals surface area contributed by atoms with Gasteiger partial charge in [0.2, 0.25) is 0 Å². The van der Waals surface area contributed by atoms with E-state index in [4.69, 9.17) is 5.11 Å². The molecule has 0 aromatic rings. The Morgan fingerprint density at radius 1 is 1.21 bits per heavy atom. The molecule has 4 heteroatoms. The number of carboxylic acids is 1. The van der Waals surface area contributed by atoms with Crippen LogP contribution in [-0.4, -0.2) is 28.1 Å². The zero-order chi connectivity index (χ0) is 17.8. The fourth-order valence-corrected chi connectivity index (χ4v) is 3.14. The maximum atomic E-state index is 12.0. The molecule has 0 aromatic carbocycles. The van der Waals surface area contributed by atoms with Crippen LogP contribution in [0.15, 0.2) is 24.3 Å². The van der Waals surface area contributed by atoms with E-state index in [2.05, 4.69) is 6.92 Å². The number of ketones is 1. The summed E-state index contributed by atoms with van der Waals surface area (Å²) in [6.45, 7) is 2.14. The highest BCUT2D eigenvalue weighted by Crippen LogP contribution is 2.29. The second-order valence-electron chi connectivity index (χ2n) is 6.74. The topological polar surface area (TPSA) is 74.6 Å². The Bertz CT molecular complexity index is 439. The van der Waals surface area contributed by atoms with Gasteiger partial charge in [-0.05, 0) is 25.3 Å². The number of hydrogen-bond acceptors (Lipinski definition) is 3. The number of carboxylic acid groups (broad SMARTS) is 1. The number of rotatable bonds is 13. The second kappa shape index (κ2) is 12.0. The van der Waals surface area contributed by atoms with Crippen LogP contribution in [0.4, 0.5) is 0 Å². The summed E-state index contributed by atoms with van der Waals surface area (Å²) in [4.78, 5) is 22.4. The van der Waals surface area contributed by atoms with Gasteiger partial charge in [-0.25, -0.2) is 0 Å². The van der Waals surface area contributed by atoms with E-state index in [0.29, 0.717) is 6.42 Å². The normalized spacial score (nSPS) is 21.7. The first-order chi connectivity index (χ1) is 11.5. The quantitative estimate of drug-likeness (QED) is 0.389. The Kier molecular flexibility index (Phi) is 10.3. The third-order valence-corrected chi connectivity index (χ3v) is 4.63. The Balaban J connectivity index is 2.29. The second-order valence-corrected chi connectivity index (χ2v) is 6.74. The molecule has 0 saturated heterocycles. The standard InChI is InChI=1S/C20H32O4/c1-2-3-6-9-17(21)14-12-16-13-15-19(22)18(16)10-7-4-5-8-11-20(23)24/h12-18,21H,2-11H2,1H3,(H,23,24)/b14-12-. The van der Waals surface area contributed by atoms with Crippen LogP contribution in [0.3, 0.4) is 0 Å². The molecule has 0 spiro atoms. The fraction of sp³-hybridized carbons (Fsp3) is 0.700. The maximum Gasteiger partial charge on any atom is 0.303 e. The summed E-state index contributed by atoms with van der Waals surface area (Å²) in [7, 11) is 0. The lowest BCUT2D eigenvalue weighted by Gasteiger charge is -2.15. The number of aliphatic hydroxyl groups excluding tert-OH is 1. The smallest absolute Gasteiger partial charge is 0.303 e. The number of aliphatic hydroxyl groups is 1. The zero-order valence-corrected chi connectivity index (χ0v) is 14.8. The minimum Gasteiger partial charge on any atom is -0.481 e. The van der Waals surface area contributed by atoms with Gasteiger partial charge in [-0.3, -0.25) is 9.59 Å². The molecular formula is C20H32O4. The zero-order valence-electron chi connectivity index (χ0n) is 14.8. The number of unbranched alkanes of at least 4 members (excludes halogenated alkanes) is 5. The molecule has 0 bridgehead atoms. The lowest BCUT2D eigenvalue weighted by atomic mass is 9.88. The highest BCUT2D eigenvalue weighted by molar-refractivity contribution is 5.94. The Labute approximate surface area is 145 Å². The highest BCUT2D eigenvalue weighted by Gasteiger charge is 2.27. The van der Waals surface area contributed by atoms with Crippen molar-refractivity contribution in [2.45, 2.75) is 77.2 Å². The molecule has 1 rings (SSSR count). The average molecular weight is 336 g/mol. The SMILES string of the molecule is CCCCCC(O)/C=C\C1C=CC(=O)C1CCCCCCC(=O)O. The van der Waals surface area contributed by atoms with Gasteiger partial charge in [0.15, 0.2) is 5.78 Å². The van der Waals surface area contributed by atoms with Crippen molar-refractivity contribution >= 4 is 11.8 Å². The molecule has 0 amide bonds. The molecule has 4 nitrogen and oxygen atoms in total. The first-order valence-electron chi connectivity index (χ1n) is 9.34. The molecule has 0 heterocycles. The molecule has 1 aliphatic carbocycles. The summed E-state index contributed by atoms with van der Waals surface area (Å²) >= 11 is 0. The largest absolute Gasteiger partial charge is 0.481 e. The van der Waals surface area contributed by atoms with Crippen LogP contribution in [0, 0.1) is 11.8 Å². The van der Waals surface area contributed by atoms with E-state index in [1.165, 1.54) is 0 Å². The molecule has 0 fully saturated rings. The van der Waals surface area contributed by atoms with Crippen LogP contribution in [0.25, 0.3) is 0 Å². The van der Waals surface area contributed by atoms with E-state index in [9.17, 15) is 14.7 Å². The summed E-state index contributed by atoms with van der Waals surface area (Å²) < 4.78 is 0. The number of carbonyl (C=O) groups is 2. The van der Waals surface area contributed by atoms with E-state index in [0.717, 1.165) is 51.4 Å². The van der Waals surface area contributed by atoms with Gasteiger partial charge < -0.3 is 10.2 Å². The van der Waals surface area contributed by atoms with Gasteiger partial charge in [-0.1, -0.05) is 63.7 Å². The molecule has 1 aliphatic rings. The van der Waals surface area contributed by atoms with Gasteiger partial charge in [0.25, 0.3) is 0 Å². The van der Waals surface area contributed by atoms with Crippen molar-refractivity contribution in [3.05, 3.63) is 24.3 Å². The van der Waals surface area contributed by atoms with Gasteiger partial charge in [0.1, 0.15) is 0 Å². The summed E-state index contributed by atoms with van der Waals surface area (Å²) in [5.74, 6) is -0.482. The van der Waals surface area contributed by atoms with Crippen molar-refractivity contribution in [2.24, 2.45) is 11.8 Å². The minimum atomic E-state index is -0.743. The monoisotopic (exact) mass is 336 g/mol. The molecule has 2 N–H and O–H groups in total. The molecule has 0 aromatic heterocycles. The lowest BCUT2D eigenvalue weighted by Crippen LogP contribution is -2.15. The Morgan fingerprint density at radius 3 is 2.67 bits per heavy atom. The van der Waals surface area contributed by atoms with E-state index < -0.39 is 12.1 Å². The van der Waals surface area contributed by atoms with E-state index in [1.54, 1.807) is 6.08 Å². The highest BCUT2D eigenvalue weighted by atomic mass is 16.4. The van der Waals surface area contributed by atoms with Crippen molar-refractivity contribution in [1.29, 1.82) is 0 Å². The van der Waals surface area contributed by atoms with E-state index >= 15 is 0 Å². The summed E-state index contributed by atoms with van der Waals surface area (Å²) in [6, 6.07) is 0. The van der Waals surface area contributed by atoms with Crippen molar-refractivity contribution in [1.82, 2.24) is 0 Å². The molecule has 3 unspecified atom stereocenters. The number of carbonyl (C=O) groups excluding carboxylic acids is 1. The summed E-state index contributed by atoms with van der Waals surface area (Å²) in [5.41, 5.74) is 0. The van der Waals surface area contributed by atoms with Gasteiger partial charge in [-0.15, -0.1) is 0 Å². The van der Waals surface area contributed by atoms with Crippen LogP contribution in [0.5, 0.6) is 0 Å². The van der Waals surface area contributed by atoms with Crippen molar-refractivity contribution < 1.29 is 19.8 Å². The van der Waals surface area contributed by atoms with Crippen molar-refractivity contribution in [3.63, 3.8) is 0 Å². The lowest BCUT2D eigenvalue weighted by molar-refractivity contribution is -0.137. The van der Waals surface area contributed by atoms with Crippen LogP contribution >= 0.6 is 0 Å². The van der Waals surface area contributed by atoms with Crippen molar-refractivity contribution in [2.75, 3.05) is 0 Å². The Hall–Kier alpha value is -1.42. The third-order valence-electron chi connectivity index (χ3n) is 4.63. The number of aliphatic carboxylic acids is 1. The molecule has 136 valence electrons. The first-order valence-corrected chi connectivity index (χ1v) is 9.34. The molecule has 0 aliphatic heterocycles. The average Bonchev–Trinajstić information content (AvgIpc) is 2.89. The predicted octanol–water partition coefficient (Wildman–Crippen LogP) is 4.28. The molecule has 24 heavy (non-hydrogen) atoms. The van der Waals surface area contributed by atoms with Gasteiger partial charge in [0.05, 0.1) is 6.10 Å². The first kappa shape index (κ1) is 20.6. The van der Waals surface area contributed by atoms with Gasteiger partial charge in [0, 0.05) is 18.3 Å². The fourth-order valence-electron chi connectivity index (χ4n) is 3.14. The van der Waals surface area contributed by atoms with Gasteiger partial charge >= 0.3 is 5.97 Å². The number of hydrogen-bond donors (Lipinski definition) is 2. The van der Waals surface area contributed by atoms with Crippen LogP contribution in [0.2, 0.25) is 0 Å². The van der Waals surface area contributed by atoms with Gasteiger partial charge in [-0.2, -0.15) is 0 Å². The summed E-state index contributed by atoms with van der Waals surface area (Å²) in [5, 5.41) is 18.6. The summed E-state index contributed by atoms with van der Waals surface area (Å²) in [6.07, 6.45) is 15.7. The number of allylic oxidation sites excluding steroid dienone is 3. The Morgan fingerprint density at radius 2 is 1.96 bits per heavy atom. The van der Waals surface area contributed by atoms with Crippen LogP contribution in [0.1, 0.15) is 71.1 Å². The molecular weight excluding hydrogens is 304 g/mol. The molecule has 3 atom stereocenters. The van der Waals surface area contributed by atoms with Crippen LogP contribution in [-0.2, 0) is 9.59 Å². The molecule has 0 radical (unpaired) electrons.